The van der Waals surface area contributed by atoms with Crippen molar-refractivity contribution < 1.29 is 14.3 Å². The molecule has 4 rings (SSSR count). The Bertz CT molecular complexity index is 1210. The Kier molecular flexibility index (Phi) is 6.06. The van der Waals surface area contributed by atoms with Crippen molar-refractivity contribution in [2.45, 2.75) is 46.1 Å². The van der Waals surface area contributed by atoms with E-state index in [0.29, 0.717) is 22.0 Å². The third kappa shape index (κ3) is 4.07. The van der Waals surface area contributed by atoms with Crippen molar-refractivity contribution in [1.82, 2.24) is 4.57 Å². The fraction of sp³-hybridized carbons (Fsp3) is 0.348. The maximum absolute atomic E-state index is 13.0. The van der Waals surface area contributed by atoms with Crippen LogP contribution in [0, 0.1) is 6.92 Å². The van der Waals surface area contributed by atoms with Crippen LogP contribution in [-0.4, -0.2) is 23.1 Å². The average Bonchev–Trinajstić information content (AvgIpc) is 3.08. The second-order valence-electron chi connectivity index (χ2n) is 7.40. The lowest BCUT2D eigenvalue weighted by Crippen LogP contribution is -2.23. The number of aromatic nitrogens is 1. The van der Waals surface area contributed by atoms with Gasteiger partial charge in [0.05, 0.1) is 16.8 Å². The van der Waals surface area contributed by atoms with Crippen LogP contribution < -0.4 is 4.80 Å². The van der Waals surface area contributed by atoms with E-state index in [9.17, 15) is 9.59 Å². The smallest absolute Gasteiger partial charge is 0.326 e. The average molecular weight is 443 g/mol. The van der Waals surface area contributed by atoms with Gasteiger partial charge in [0.25, 0.3) is 5.91 Å². The fourth-order valence-corrected chi connectivity index (χ4v) is 5.14. The molecule has 156 valence electrons. The molecular formula is C23H23ClN2O3S. The molecule has 1 aromatic heterocycles. The van der Waals surface area contributed by atoms with E-state index in [-0.39, 0.29) is 18.4 Å². The van der Waals surface area contributed by atoms with E-state index in [1.807, 2.05) is 37.3 Å². The van der Waals surface area contributed by atoms with Crippen LogP contribution in [0.25, 0.3) is 10.2 Å². The first-order valence-electron chi connectivity index (χ1n) is 10.1. The zero-order valence-electron chi connectivity index (χ0n) is 17.0. The summed E-state index contributed by atoms with van der Waals surface area (Å²) in [4.78, 5) is 30.1. The second kappa shape index (κ2) is 8.74. The summed E-state index contributed by atoms with van der Waals surface area (Å²) in [5.41, 5.74) is 4.78. The predicted molar refractivity (Wildman–Crippen MR) is 119 cm³/mol. The number of thiazole rings is 1. The van der Waals surface area contributed by atoms with Gasteiger partial charge in [-0.25, -0.2) is 0 Å². The quantitative estimate of drug-likeness (QED) is 0.543. The second-order valence-corrected chi connectivity index (χ2v) is 8.82. The Hall–Kier alpha value is -2.44. The van der Waals surface area contributed by atoms with Gasteiger partial charge in [-0.15, -0.1) is 0 Å². The molecule has 0 N–H and O–H groups in total. The Morgan fingerprint density at radius 2 is 1.93 bits per heavy atom. The van der Waals surface area contributed by atoms with Crippen molar-refractivity contribution in [3.8, 4) is 0 Å². The lowest BCUT2D eigenvalue weighted by molar-refractivity contribution is -0.143. The van der Waals surface area contributed by atoms with E-state index < -0.39 is 0 Å². The SMILES string of the molecule is CCOC(=O)Cn1c(=NC(=O)c2ccc3c(c2)CCCC3)sc2ccc(Cl)c(C)c21. The molecule has 1 heterocycles. The lowest BCUT2D eigenvalue weighted by atomic mass is 9.90. The topological polar surface area (TPSA) is 60.7 Å². The molecule has 5 nitrogen and oxygen atoms in total. The summed E-state index contributed by atoms with van der Waals surface area (Å²) < 4.78 is 7.77. The number of hydrogen-bond donors (Lipinski definition) is 0. The number of halogens is 1. The number of fused-ring (bicyclic) bond motifs is 2. The number of esters is 1. The molecule has 0 atom stereocenters. The maximum Gasteiger partial charge on any atom is 0.326 e. The highest BCUT2D eigenvalue weighted by Gasteiger charge is 2.17. The summed E-state index contributed by atoms with van der Waals surface area (Å²) in [5, 5.41) is 0.602. The van der Waals surface area contributed by atoms with Crippen molar-refractivity contribution in [1.29, 1.82) is 0 Å². The molecular weight excluding hydrogens is 420 g/mol. The van der Waals surface area contributed by atoms with Gasteiger partial charge in [0, 0.05) is 10.6 Å². The fourth-order valence-electron chi connectivity index (χ4n) is 3.90. The van der Waals surface area contributed by atoms with Crippen molar-refractivity contribution in [3.05, 3.63) is 62.4 Å². The summed E-state index contributed by atoms with van der Waals surface area (Å²) in [7, 11) is 0. The Morgan fingerprint density at radius 3 is 2.70 bits per heavy atom. The minimum atomic E-state index is -0.376. The van der Waals surface area contributed by atoms with Gasteiger partial charge in [-0.1, -0.05) is 29.0 Å². The highest BCUT2D eigenvalue weighted by molar-refractivity contribution is 7.16. The molecule has 0 spiro atoms. The van der Waals surface area contributed by atoms with E-state index >= 15 is 0 Å². The third-order valence-electron chi connectivity index (χ3n) is 5.42. The summed E-state index contributed by atoms with van der Waals surface area (Å²) in [5.74, 6) is -0.685. The summed E-state index contributed by atoms with van der Waals surface area (Å²) in [6.45, 7) is 3.93. The van der Waals surface area contributed by atoms with E-state index in [1.54, 1.807) is 11.5 Å². The first-order chi connectivity index (χ1) is 14.5. The van der Waals surface area contributed by atoms with Gasteiger partial charge >= 0.3 is 5.97 Å². The molecule has 0 unspecified atom stereocenters. The van der Waals surface area contributed by atoms with Gasteiger partial charge in [0.2, 0.25) is 0 Å². The molecule has 1 aliphatic rings. The van der Waals surface area contributed by atoms with Crippen LogP contribution in [0.1, 0.15) is 46.8 Å². The van der Waals surface area contributed by atoms with Crippen LogP contribution in [0.4, 0.5) is 0 Å². The number of nitrogens with zero attached hydrogens (tertiary/aromatic N) is 2. The first-order valence-corrected chi connectivity index (χ1v) is 11.3. The molecule has 0 fully saturated rings. The zero-order valence-corrected chi connectivity index (χ0v) is 18.6. The Labute approximate surface area is 184 Å². The van der Waals surface area contributed by atoms with Crippen LogP contribution in [0.2, 0.25) is 5.02 Å². The van der Waals surface area contributed by atoms with Gasteiger partial charge in [0.1, 0.15) is 6.54 Å². The number of aryl methyl sites for hydroxylation is 3. The van der Waals surface area contributed by atoms with Crippen LogP contribution in [0.5, 0.6) is 0 Å². The predicted octanol–water partition coefficient (Wildman–Crippen LogP) is 4.85. The monoisotopic (exact) mass is 442 g/mol. The van der Waals surface area contributed by atoms with Gasteiger partial charge in [0.15, 0.2) is 4.80 Å². The minimum Gasteiger partial charge on any atom is -0.465 e. The maximum atomic E-state index is 13.0. The van der Waals surface area contributed by atoms with E-state index in [0.717, 1.165) is 35.0 Å². The molecule has 1 aliphatic carbocycles. The van der Waals surface area contributed by atoms with Crippen LogP contribution >= 0.6 is 22.9 Å². The molecule has 0 radical (unpaired) electrons. The van der Waals surface area contributed by atoms with Crippen LogP contribution in [0.15, 0.2) is 35.3 Å². The van der Waals surface area contributed by atoms with Gasteiger partial charge in [-0.3, -0.25) is 9.59 Å². The third-order valence-corrected chi connectivity index (χ3v) is 6.87. The summed E-state index contributed by atoms with van der Waals surface area (Å²) in [6.07, 6.45) is 4.41. The number of ether oxygens (including phenoxy) is 1. The molecule has 0 bridgehead atoms. The van der Waals surface area contributed by atoms with Crippen molar-refractivity contribution >= 4 is 45.0 Å². The number of rotatable bonds is 4. The number of amides is 1. The van der Waals surface area contributed by atoms with Crippen molar-refractivity contribution in [3.63, 3.8) is 0 Å². The lowest BCUT2D eigenvalue weighted by Gasteiger charge is -2.15. The highest BCUT2D eigenvalue weighted by atomic mass is 35.5. The molecule has 2 aromatic carbocycles. The molecule has 30 heavy (non-hydrogen) atoms. The number of carbonyl (C=O) groups is 2. The van der Waals surface area contributed by atoms with Crippen molar-refractivity contribution in [2.75, 3.05) is 6.61 Å². The molecule has 0 saturated carbocycles. The largest absolute Gasteiger partial charge is 0.465 e. The van der Waals surface area contributed by atoms with Crippen LogP contribution in [-0.2, 0) is 28.9 Å². The standard InChI is InChI=1S/C23H23ClN2O3S/c1-3-29-20(27)13-26-21-14(2)18(24)10-11-19(21)30-23(26)25-22(28)17-9-8-15-6-4-5-7-16(15)12-17/h8-12H,3-7,13H2,1-2H3. The first kappa shape index (κ1) is 20.8. The number of benzene rings is 2. The van der Waals surface area contributed by atoms with Gasteiger partial charge in [-0.2, -0.15) is 4.99 Å². The van der Waals surface area contributed by atoms with E-state index in [1.165, 1.54) is 28.9 Å². The van der Waals surface area contributed by atoms with E-state index in [2.05, 4.69) is 4.99 Å². The Morgan fingerprint density at radius 1 is 1.17 bits per heavy atom. The zero-order chi connectivity index (χ0) is 21.3. The number of carbonyl (C=O) groups excluding carboxylic acids is 2. The molecule has 0 aliphatic heterocycles. The Balaban J connectivity index is 1.80. The van der Waals surface area contributed by atoms with Crippen LogP contribution in [0.3, 0.4) is 0 Å². The summed E-state index contributed by atoms with van der Waals surface area (Å²) in [6, 6.07) is 9.56. The van der Waals surface area contributed by atoms with Crippen molar-refractivity contribution in [2.24, 2.45) is 4.99 Å². The van der Waals surface area contributed by atoms with Gasteiger partial charge in [-0.05, 0) is 80.5 Å². The normalized spacial score (nSPS) is 14.0. The van der Waals surface area contributed by atoms with E-state index in [4.69, 9.17) is 16.3 Å². The summed E-state index contributed by atoms with van der Waals surface area (Å²) >= 11 is 7.68. The minimum absolute atomic E-state index is 0.0225. The van der Waals surface area contributed by atoms with Gasteiger partial charge < -0.3 is 9.30 Å². The molecule has 3 aromatic rings. The molecule has 7 heteroatoms. The highest BCUT2D eigenvalue weighted by Crippen LogP contribution is 2.27. The number of hydrogen-bond acceptors (Lipinski definition) is 4. The molecule has 1 amide bonds. The molecule has 0 saturated heterocycles.